The molecule has 1 aromatic heterocycles. The summed E-state index contributed by atoms with van der Waals surface area (Å²) >= 11 is 8.39. The molecule has 0 radical (unpaired) electrons. The highest BCUT2D eigenvalue weighted by Crippen LogP contribution is 2.32. The molecule has 0 aliphatic heterocycles. The molecule has 3 nitrogen and oxygen atoms in total. The zero-order valence-corrected chi connectivity index (χ0v) is 9.77. The zero-order valence-electron chi connectivity index (χ0n) is 7.43. The summed E-state index contributed by atoms with van der Waals surface area (Å²) in [6, 6.07) is 1.04. The molecule has 0 atom stereocenters. The van der Waals surface area contributed by atoms with Crippen molar-refractivity contribution in [2.75, 3.05) is 7.11 Å². The highest BCUT2D eigenvalue weighted by molar-refractivity contribution is 9.10. The third kappa shape index (κ3) is 2.63. The molecule has 0 saturated heterocycles. The Labute approximate surface area is 97.5 Å². The average Bonchev–Trinajstić information content (AvgIpc) is 2.14. The van der Waals surface area contributed by atoms with Crippen molar-refractivity contribution in [2.45, 2.75) is 6.43 Å². The molecule has 0 fully saturated rings. The van der Waals surface area contributed by atoms with Crippen molar-refractivity contribution >= 4 is 33.5 Å². The quantitative estimate of drug-likeness (QED) is 0.622. The van der Waals surface area contributed by atoms with E-state index in [1.165, 1.54) is 0 Å². The first kappa shape index (κ1) is 12.3. The third-order valence-electron chi connectivity index (χ3n) is 1.57. The van der Waals surface area contributed by atoms with Crippen LogP contribution in [0.2, 0.25) is 5.02 Å². The van der Waals surface area contributed by atoms with Crippen molar-refractivity contribution in [3.63, 3.8) is 0 Å². The summed E-state index contributed by atoms with van der Waals surface area (Å²) < 4.78 is 29.1. The van der Waals surface area contributed by atoms with E-state index < -0.39 is 18.0 Å². The van der Waals surface area contributed by atoms with Crippen LogP contribution in [0.4, 0.5) is 8.78 Å². The van der Waals surface area contributed by atoms with Gasteiger partial charge in [0.15, 0.2) is 5.69 Å². The van der Waals surface area contributed by atoms with Gasteiger partial charge in [0, 0.05) is 0 Å². The summed E-state index contributed by atoms with van der Waals surface area (Å²) in [5.74, 6) is -0.738. The molecule has 82 valence electrons. The van der Waals surface area contributed by atoms with Gasteiger partial charge >= 0.3 is 5.97 Å². The van der Waals surface area contributed by atoms with E-state index in [4.69, 9.17) is 11.6 Å². The van der Waals surface area contributed by atoms with Gasteiger partial charge in [-0.1, -0.05) is 11.6 Å². The molecule has 0 bridgehead atoms. The van der Waals surface area contributed by atoms with E-state index in [-0.39, 0.29) is 15.3 Å². The number of esters is 1. The molecule has 0 amide bonds. The smallest absolute Gasteiger partial charge is 0.356 e. The second-order valence-corrected chi connectivity index (χ2v) is 3.64. The number of carbonyl (C=O) groups is 1. The zero-order chi connectivity index (χ0) is 11.6. The van der Waals surface area contributed by atoms with Crippen molar-refractivity contribution in [3.05, 3.63) is 26.9 Å². The van der Waals surface area contributed by atoms with Crippen molar-refractivity contribution < 1.29 is 18.3 Å². The number of ether oxygens (including phenoxy) is 1. The van der Waals surface area contributed by atoms with Crippen molar-refractivity contribution in [2.24, 2.45) is 0 Å². The Morgan fingerprint density at radius 2 is 2.27 bits per heavy atom. The molecule has 0 N–H and O–H groups in total. The Morgan fingerprint density at radius 3 is 2.67 bits per heavy atom. The number of alkyl halides is 2. The Kier molecular flexibility index (Phi) is 3.98. The highest BCUT2D eigenvalue weighted by atomic mass is 79.9. The number of methoxy groups -OCH3 is 1. The fourth-order valence-corrected chi connectivity index (χ4v) is 1.87. The van der Waals surface area contributed by atoms with Crippen LogP contribution in [-0.2, 0) is 4.74 Å². The van der Waals surface area contributed by atoms with Crippen LogP contribution in [0.3, 0.4) is 0 Å². The third-order valence-corrected chi connectivity index (χ3v) is 2.49. The lowest BCUT2D eigenvalue weighted by atomic mass is 10.2. The minimum Gasteiger partial charge on any atom is -0.464 e. The fraction of sp³-hybridized carbons (Fsp3) is 0.250. The largest absolute Gasteiger partial charge is 0.464 e. The van der Waals surface area contributed by atoms with Gasteiger partial charge in [-0.05, 0) is 22.0 Å². The Hall–Kier alpha value is -0.750. The predicted molar refractivity (Wildman–Crippen MR) is 53.2 cm³/mol. The van der Waals surface area contributed by atoms with Crippen LogP contribution in [0.5, 0.6) is 0 Å². The first-order valence-corrected chi connectivity index (χ1v) is 4.87. The van der Waals surface area contributed by atoms with Gasteiger partial charge in [0.2, 0.25) is 0 Å². The SMILES string of the molecule is COC(=O)c1cc(Cl)c(C(F)F)c(Br)n1. The molecule has 1 rings (SSSR count). The number of nitrogens with zero attached hydrogens (tertiary/aromatic N) is 1. The van der Waals surface area contributed by atoms with E-state index in [0.717, 1.165) is 13.2 Å². The molecule has 15 heavy (non-hydrogen) atoms. The van der Waals surface area contributed by atoms with Gasteiger partial charge in [0.05, 0.1) is 17.7 Å². The van der Waals surface area contributed by atoms with E-state index in [2.05, 4.69) is 25.7 Å². The van der Waals surface area contributed by atoms with Gasteiger partial charge < -0.3 is 4.74 Å². The summed E-state index contributed by atoms with van der Waals surface area (Å²) in [7, 11) is 1.16. The van der Waals surface area contributed by atoms with Crippen LogP contribution in [0, 0.1) is 0 Å². The van der Waals surface area contributed by atoms with Crippen molar-refractivity contribution in [1.82, 2.24) is 4.98 Å². The van der Waals surface area contributed by atoms with Gasteiger partial charge in [-0.3, -0.25) is 0 Å². The van der Waals surface area contributed by atoms with Gasteiger partial charge in [-0.25, -0.2) is 18.6 Å². The maximum absolute atomic E-state index is 12.4. The van der Waals surface area contributed by atoms with Gasteiger partial charge in [-0.2, -0.15) is 0 Å². The molecule has 1 aromatic rings. The molecule has 0 aromatic carbocycles. The molecule has 0 unspecified atom stereocenters. The summed E-state index contributed by atoms with van der Waals surface area (Å²) in [6.45, 7) is 0. The molecule has 0 saturated carbocycles. The average molecular weight is 300 g/mol. The van der Waals surface area contributed by atoms with Crippen LogP contribution in [-0.4, -0.2) is 18.1 Å². The minimum atomic E-state index is -2.76. The second-order valence-electron chi connectivity index (χ2n) is 2.49. The minimum absolute atomic E-state index is 0.126. The maximum Gasteiger partial charge on any atom is 0.356 e. The fourth-order valence-electron chi connectivity index (χ4n) is 0.898. The first-order valence-electron chi connectivity index (χ1n) is 3.69. The lowest BCUT2D eigenvalue weighted by Crippen LogP contribution is -2.06. The lowest BCUT2D eigenvalue weighted by Gasteiger charge is -2.07. The van der Waals surface area contributed by atoms with Crippen LogP contribution in [0.25, 0.3) is 0 Å². The van der Waals surface area contributed by atoms with Crippen LogP contribution >= 0.6 is 27.5 Å². The monoisotopic (exact) mass is 299 g/mol. The number of hydrogen-bond acceptors (Lipinski definition) is 3. The Morgan fingerprint density at radius 1 is 1.67 bits per heavy atom. The standard InChI is InChI=1S/C8H5BrClF2NO2/c1-15-8(14)4-2-3(10)5(7(11)12)6(9)13-4/h2,7H,1H3. The van der Waals surface area contributed by atoms with E-state index in [1.54, 1.807) is 0 Å². The highest BCUT2D eigenvalue weighted by Gasteiger charge is 2.20. The molecular formula is C8H5BrClF2NO2. The summed E-state index contributed by atoms with van der Waals surface area (Å²) in [6.07, 6.45) is -2.76. The summed E-state index contributed by atoms with van der Waals surface area (Å²) in [4.78, 5) is 14.7. The van der Waals surface area contributed by atoms with Gasteiger partial charge in [-0.15, -0.1) is 0 Å². The molecular weight excluding hydrogens is 295 g/mol. The van der Waals surface area contributed by atoms with Crippen molar-refractivity contribution in [3.8, 4) is 0 Å². The summed E-state index contributed by atoms with van der Waals surface area (Å²) in [5.41, 5.74) is -0.567. The molecule has 7 heteroatoms. The number of rotatable bonds is 2. The van der Waals surface area contributed by atoms with E-state index in [9.17, 15) is 13.6 Å². The van der Waals surface area contributed by atoms with E-state index in [1.807, 2.05) is 0 Å². The molecule has 1 heterocycles. The number of aromatic nitrogens is 1. The number of carbonyl (C=O) groups excluding carboxylic acids is 1. The number of hydrogen-bond donors (Lipinski definition) is 0. The van der Waals surface area contributed by atoms with Gasteiger partial charge in [0.1, 0.15) is 4.60 Å². The predicted octanol–water partition coefficient (Wildman–Crippen LogP) is 3.22. The lowest BCUT2D eigenvalue weighted by molar-refractivity contribution is 0.0593. The molecule has 0 aliphatic carbocycles. The first-order chi connectivity index (χ1) is 6.97. The normalized spacial score (nSPS) is 10.5. The maximum atomic E-state index is 12.4. The van der Waals surface area contributed by atoms with E-state index in [0.29, 0.717) is 0 Å². The number of halogens is 4. The van der Waals surface area contributed by atoms with Crippen LogP contribution in [0.15, 0.2) is 10.7 Å². The molecule has 0 aliphatic rings. The van der Waals surface area contributed by atoms with Gasteiger partial charge in [0.25, 0.3) is 6.43 Å². The summed E-state index contributed by atoms with van der Waals surface area (Å²) in [5, 5.41) is -0.229. The number of pyridine rings is 1. The second kappa shape index (κ2) is 4.85. The van der Waals surface area contributed by atoms with Crippen molar-refractivity contribution in [1.29, 1.82) is 0 Å². The van der Waals surface area contributed by atoms with E-state index >= 15 is 0 Å². The van der Waals surface area contributed by atoms with Crippen LogP contribution < -0.4 is 0 Å². The Bertz CT molecular complexity index is 377. The Balaban J connectivity index is 3.25. The molecule has 0 spiro atoms. The topological polar surface area (TPSA) is 39.2 Å². The van der Waals surface area contributed by atoms with Crippen LogP contribution in [0.1, 0.15) is 22.5 Å².